The van der Waals surface area contributed by atoms with Crippen LogP contribution in [0.15, 0.2) is 30.3 Å². The summed E-state index contributed by atoms with van der Waals surface area (Å²) >= 11 is 1.15. The summed E-state index contributed by atoms with van der Waals surface area (Å²) in [7, 11) is 0. The Labute approximate surface area is 194 Å². The van der Waals surface area contributed by atoms with Gasteiger partial charge in [-0.2, -0.15) is 0 Å². The number of benzene rings is 1. The average Bonchev–Trinajstić information content (AvgIpc) is 2.68. The van der Waals surface area contributed by atoms with Crippen LogP contribution >= 0.6 is 11.8 Å². The largest absolute Gasteiger partial charge is 0.444 e. The van der Waals surface area contributed by atoms with E-state index in [9.17, 15) is 19.2 Å². The molecule has 0 aliphatic carbocycles. The van der Waals surface area contributed by atoms with E-state index < -0.39 is 41.6 Å². The van der Waals surface area contributed by atoms with Crippen LogP contribution in [0, 0.1) is 5.92 Å². The highest BCUT2D eigenvalue weighted by atomic mass is 32.2. The molecule has 0 bridgehead atoms. The van der Waals surface area contributed by atoms with Crippen molar-refractivity contribution in [1.29, 1.82) is 0 Å². The van der Waals surface area contributed by atoms with Crippen LogP contribution in [0.3, 0.4) is 0 Å². The topological polar surface area (TPSA) is 114 Å². The highest BCUT2D eigenvalue weighted by Crippen LogP contribution is 2.18. The molecule has 8 nitrogen and oxygen atoms in total. The maximum absolute atomic E-state index is 12.7. The monoisotopic (exact) mass is 465 g/mol. The second kappa shape index (κ2) is 12.5. The van der Waals surface area contributed by atoms with Gasteiger partial charge in [0.2, 0.25) is 16.9 Å². The Morgan fingerprint density at radius 3 is 1.94 bits per heavy atom. The van der Waals surface area contributed by atoms with Crippen molar-refractivity contribution >= 4 is 34.8 Å². The second-order valence-corrected chi connectivity index (χ2v) is 9.90. The molecule has 0 aliphatic heterocycles. The molecule has 3 unspecified atom stereocenters. The van der Waals surface area contributed by atoms with Gasteiger partial charge < -0.3 is 20.7 Å². The third-order valence-electron chi connectivity index (χ3n) is 4.32. The van der Waals surface area contributed by atoms with Crippen LogP contribution in [0.1, 0.15) is 54.0 Å². The molecule has 0 aromatic heterocycles. The van der Waals surface area contributed by atoms with Gasteiger partial charge >= 0.3 is 6.09 Å². The Morgan fingerprint density at radius 2 is 1.41 bits per heavy atom. The summed E-state index contributed by atoms with van der Waals surface area (Å²) < 4.78 is 5.12. The molecule has 0 fully saturated rings. The zero-order valence-corrected chi connectivity index (χ0v) is 20.7. The number of hydrogen-bond acceptors (Lipinski definition) is 6. The van der Waals surface area contributed by atoms with E-state index in [1.807, 2.05) is 44.2 Å². The number of ether oxygens (including phenoxy) is 1. The second-order valence-electron chi connectivity index (χ2n) is 8.92. The van der Waals surface area contributed by atoms with Crippen LogP contribution in [0.2, 0.25) is 0 Å². The van der Waals surface area contributed by atoms with E-state index in [-0.39, 0.29) is 11.0 Å². The van der Waals surface area contributed by atoms with E-state index >= 15 is 0 Å². The fraction of sp³-hybridized carbons (Fsp3) is 0.565. The van der Waals surface area contributed by atoms with Gasteiger partial charge in [0.25, 0.3) is 0 Å². The summed E-state index contributed by atoms with van der Waals surface area (Å²) in [4.78, 5) is 49.4. The standard InChI is InChI=1S/C23H35N3O5S/c1-14(2)18(21(29)32-13-17-11-9-8-10-12-17)26-20(28)15(3)24-19(27)16(4)25-22(30)31-23(5,6)7/h8-12,14-16,18H,13H2,1-7H3,(H,24,27)(H,25,30)(H,26,28). The number of thioether (sulfide) groups is 1. The van der Waals surface area contributed by atoms with Crippen LogP contribution in [0.4, 0.5) is 4.79 Å². The summed E-state index contributed by atoms with van der Waals surface area (Å²) in [6.07, 6.45) is -0.724. The fourth-order valence-electron chi connectivity index (χ4n) is 2.55. The Hall–Kier alpha value is -2.55. The van der Waals surface area contributed by atoms with E-state index in [1.54, 1.807) is 20.8 Å². The molecule has 3 amide bonds. The number of carbonyl (C=O) groups excluding carboxylic acids is 4. The van der Waals surface area contributed by atoms with E-state index in [0.29, 0.717) is 5.75 Å². The minimum absolute atomic E-state index is 0.120. The fourth-order valence-corrected chi connectivity index (χ4v) is 3.56. The van der Waals surface area contributed by atoms with Gasteiger partial charge in [-0.05, 0) is 46.1 Å². The molecule has 178 valence electrons. The number of amides is 3. The summed E-state index contributed by atoms with van der Waals surface area (Å²) in [6, 6.07) is 7.12. The molecular weight excluding hydrogens is 430 g/mol. The minimum Gasteiger partial charge on any atom is -0.444 e. The van der Waals surface area contributed by atoms with Crippen LogP contribution in [0.5, 0.6) is 0 Å². The molecule has 0 radical (unpaired) electrons. The predicted octanol–water partition coefficient (Wildman–Crippen LogP) is 3.01. The lowest BCUT2D eigenvalue weighted by atomic mass is 10.1. The molecule has 3 atom stereocenters. The van der Waals surface area contributed by atoms with Crippen LogP contribution in [-0.2, 0) is 24.9 Å². The number of alkyl carbamates (subject to hydrolysis) is 1. The Bertz CT molecular complexity index is 793. The van der Waals surface area contributed by atoms with Gasteiger partial charge in [-0.3, -0.25) is 14.4 Å². The average molecular weight is 466 g/mol. The van der Waals surface area contributed by atoms with Crippen LogP contribution in [0.25, 0.3) is 0 Å². The molecule has 1 rings (SSSR count). The van der Waals surface area contributed by atoms with Gasteiger partial charge in [-0.1, -0.05) is 55.9 Å². The van der Waals surface area contributed by atoms with Crippen molar-refractivity contribution in [3.05, 3.63) is 35.9 Å². The van der Waals surface area contributed by atoms with Gasteiger partial charge in [-0.15, -0.1) is 0 Å². The van der Waals surface area contributed by atoms with Crippen molar-refractivity contribution in [3.63, 3.8) is 0 Å². The summed E-state index contributed by atoms with van der Waals surface area (Å²) in [5.41, 5.74) is 0.330. The molecule has 32 heavy (non-hydrogen) atoms. The molecule has 1 aromatic rings. The van der Waals surface area contributed by atoms with Gasteiger partial charge in [0, 0.05) is 5.75 Å². The molecule has 0 saturated heterocycles. The zero-order chi connectivity index (χ0) is 24.5. The zero-order valence-electron chi connectivity index (χ0n) is 19.9. The van der Waals surface area contributed by atoms with Gasteiger partial charge in [0.05, 0.1) is 0 Å². The minimum atomic E-state index is -0.899. The van der Waals surface area contributed by atoms with Crippen molar-refractivity contribution < 1.29 is 23.9 Å². The summed E-state index contributed by atoms with van der Waals surface area (Å²) in [6.45, 7) is 11.9. The van der Waals surface area contributed by atoms with E-state index in [2.05, 4.69) is 16.0 Å². The van der Waals surface area contributed by atoms with Crippen LogP contribution < -0.4 is 16.0 Å². The molecule has 0 spiro atoms. The lowest BCUT2D eigenvalue weighted by molar-refractivity contribution is -0.130. The molecule has 0 saturated carbocycles. The first kappa shape index (κ1) is 27.5. The third kappa shape index (κ3) is 10.2. The number of rotatable bonds is 9. The van der Waals surface area contributed by atoms with Crippen molar-refractivity contribution in [1.82, 2.24) is 16.0 Å². The van der Waals surface area contributed by atoms with Crippen molar-refractivity contribution in [2.75, 3.05) is 0 Å². The maximum Gasteiger partial charge on any atom is 0.408 e. The van der Waals surface area contributed by atoms with Gasteiger partial charge in [0.1, 0.15) is 23.7 Å². The molecule has 0 aliphatic rings. The predicted molar refractivity (Wildman–Crippen MR) is 126 cm³/mol. The summed E-state index contributed by atoms with van der Waals surface area (Å²) in [5.74, 6) is -0.622. The van der Waals surface area contributed by atoms with Gasteiger partial charge in [0.15, 0.2) is 0 Å². The first-order chi connectivity index (χ1) is 14.8. The lowest BCUT2D eigenvalue weighted by Gasteiger charge is -2.24. The van der Waals surface area contributed by atoms with Crippen molar-refractivity contribution in [3.8, 4) is 0 Å². The molecule has 3 N–H and O–H groups in total. The quantitative estimate of drug-likeness (QED) is 0.517. The normalized spacial score (nSPS) is 14.1. The van der Waals surface area contributed by atoms with Crippen LogP contribution in [-0.4, -0.2) is 46.7 Å². The Kier molecular flexibility index (Phi) is 10.7. The number of carbonyl (C=O) groups is 4. The van der Waals surface area contributed by atoms with Crippen molar-refractivity contribution in [2.45, 2.75) is 77.9 Å². The highest BCUT2D eigenvalue weighted by molar-refractivity contribution is 8.13. The van der Waals surface area contributed by atoms with E-state index in [4.69, 9.17) is 4.74 Å². The molecule has 1 aromatic carbocycles. The third-order valence-corrected chi connectivity index (χ3v) is 5.34. The smallest absolute Gasteiger partial charge is 0.408 e. The number of hydrogen-bond donors (Lipinski definition) is 3. The summed E-state index contributed by atoms with van der Waals surface area (Å²) in [5, 5.41) is 7.57. The van der Waals surface area contributed by atoms with E-state index in [1.165, 1.54) is 13.8 Å². The first-order valence-corrected chi connectivity index (χ1v) is 11.6. The van der Waals surface area contributed by atoms with E-state index in [0.717, 1.165) is 17.3 Å². The number of nitrogens with one attached hydrogen (secondary N) is 3. The molecule has 0 heterocycles. The van der Waals surface area contributed by atoms with Crippen molar-refractivity contribution in [2.24, 2.45) is 5.92 Å². The Balaban J connectivity index is 2.59. The lowest BCUT2D eigenvalue weighted by Crippen LogP contribution is -2.54. The highest BCUT2D eigenvalue weighted by Gasteiger charge is 2.28. The SMILES string of the molecule is CC(NC(=O)OC(C)(C)C)C(=O)NC(C)C(=O)NC(C(=O)SCc1ccccc1)C(C)C. The Morgan fingerprint density at radius 1 is 0.875 bits per heavy atom. The molecule has 9 heteroatoms. The molecular formula is C23H35N3O5S. The van der Waals surface area contributed by atoms with Gasteiger partial charge in [-0.25, -0.2) is 4.79 Å². The maximum atomic E-state index is 12.7. The first-order valence-electron chi connectivity index (χ1n) is 10.6.